The van der Waals surface area contributed by atoms with Gasteiger partial charge in [-0.05, 0) is 0 Å². The number of hydrogen-bond donors (Lipinski definition) is 1. The summed E-state index contributed by atoms with van der Waals surface area (Å²) in [5.41, 5.74) is 0. The fourth-order valence-corrected chi connectivity index (χ4v) is 0.231. The molecule has 0 atom stereocenters. The van der Waals surface area contributed by atoms with E-state index in [1.54, 1.807) is 6.92 Å². The number of rotatable bonds is 2. The Hall–Kier alpha value is -0.900. The first-order valence-electron chi connectivity index (χ1n) is 2.55. The van der Waals surface area contributed by atoms with E-state index >= 15 is 0 Å². The molecule has 0 aromatic heterocycles. The van der Waals surface area contributed by atoms with Crippen molar-refractivity contribution in [2.45, 2.75) is 13.3 Å². The molecule has 0 fully saturated rings. The van der Waals surface area contributed by atoms with Crippen LogP contribution in [0.1, 0.15) is 13.3 Å². The summed E-state index contributed by atoms with van der Waals surface area (Å²) >= 11 is 0. The molecule has 0 saturated heterocycles. The molecule has 0 saturated carbocycles. The first-order valence-corrected chi connectivity index (χ1v) is 2.55. The second-order valence-electron chi connectivity index (χ2n) is 1.36. The number of hydrogen-bond acceptors (Lipinski definition) is 4. The standard InChI is InChI=1S/C5H8O4/c1-2-4(7)9-5(8)3-6/h6H,2-3H2,1H3. The van der Waals surface area contributed by atoms with Crippen molar-refractivity contribution in [3.8, 4) is 0 Å². The van der Waals surface area contributed by atoms with E-state index in [9.17, 15) is 9.59 Å². The lowest BCUT2D eigenvalue weighted by molar-refractivity contribution is -0.161. The number of aliphatic hydroxyl groups is 1. The molecular weight excluding hydrogens is 124 g/mol. The highest BCUT2D eigenvalue weighted by Crippen LogP contribution is 1.83. The maximum absolute atomic E-state index is 10.2. The normalized spacial score (nSPS) is 8.67. The Kier molecular flexibility index (Phi) is 3.62. The van der Waals surface area contributed by atoms with Crippen molar-refractivity contribution < 1.29 is 19.4 Å². The van der Waals surface area contributed by atoms with Gasteiger partial charge in [-0.15, -0.1) is 0 Å². The minimum atomic E-state index is -0.901. The minimum absolute atomic E-state index is 0.145. The van der Waals surface area contributed by atoms with Gasteiger partial charge in [0.05, 0.1) is 0 Å². The van der Waals surface area contributed by atoms with Crippen LogP contribution in [-0.2, 0) is 14.3 Å². The van der Waals surface area contributed by atoms with Gasteiger partial charge >= 0.3 is 11.9 Å². The maximum atomic E-state index is 10.2. The molecule has 0 bridgehead atoms. The maximum Gasteiger partial charge on any atom is 0.339 e. The monoisotopic (exact) mass is 132 g/mol. The van der Waals surface area contributed by atoms with E-state index < -0.39 is 18.5 Å². The number of aliphatic hydroxyl groups excluding tert-OH is 1. The van der Waals surface area contributed by atoms with Gasteiger partial charge < -0.3 is 9.84 Å². The zero-order chi connectivity index (χ0) is 7.28. The quantitative estimate of drug-likeness (QED) is 0.404. The van der Waals surface area contributed by atoms with Gasteiger partial charge in [0, 0.05) is 6.42 Å². The van der Waals surface area contributed by atoms with Crippen molar-refractivity contribution in [3.05, 3.63) is 0 Å². The molecule has 0 radical (unpaired) electrons. The van der Waals surface area contributed by atoms with Crippen LogP contribution in [0.4, 0.5) is 0 Å². The van der Waals surface area contributed by atoms with E-state index in [-0.39, 0.29) is 6.42 Å². The zero-order valence-corrected chi connectivity index (χ0v) is 5.09. The molecule has 52 valence electrons. The third kappa shape index (κ3) is 3.66. The lowest BCUT2D eigenvalue weighted by Crippen LogP contribution is -2.14. The van der Waals surface area contributed by atoms with Crippen LogP contribution in [-0.4, -0.2) is 23.7 Å². The molecule has 0 aliphatic carbocycles. The average molecular weight is 132 g/mol. The molecule has 0 amide bonds. The molecule has 4 heteroatoms. The predicted molar refractivity (Wildman–Crippen MR) is 28.5 cm³/mol. The molecule has 0 spiro atoms. The van der Waals surface area contributed by atoms with Gasteiger partial charge in [0.15, 0.2) is 0 Å². The van der Waals surface area contributed by atoms with E-state index in [4.69, 9.17) is 5.11 Å². The van der Waals surface area contributed by atoms with E-state index in [1.807, 2.05) is 0 Å². The first kappa shape index (κ1) is 8.10. The summed E-state index contributed by atoms with van der Waals surface area (Å²) in [6.45, 7) is 0.818. The van der Waals surface area contributed by atoms with E-state index in [1.165, 1.54) is 0 Å². The molecule has 0 aliphatic rings. The fourth-order valence-electron chi connectivity index (χ4n) is 0.231. The Bertz CT molecular complexity index is 104. The Balaban J connectivity index is 3.47. The Morgan fingerprint density at radius 3 is 2.33 bits per heavy atom. The van der Waals surface area contributed by atoms with Gasteiger partial charge in [-0.25, -0.2) is 4.79 Å². The zero-order valence-electron chi connectivity index (χ0n) is 5.09. The summed E-state index contributed by atoms with van der Waals surface area (Å²) in [5, 5.41) is 8.05. The summed E-state index contributed by atoms with van der Waals surface area (Å²) in [6, 6.07) is 0. The van der Waals surface area contributed by atoms with Crippen molar-refractivity contribution in [3.63, 3.8) is 0 Å². The largest absolute Gasteiger partial charge is 0.391 e. The molecular formula is C5H8O4. The van der Waals surface area contributed by atoms with Crippen LogP contribution in [0.3, 0.4) is 0 Å². The van der Waals surface area contributed by atoms with Crippen LogP contribution < -0.4 is 0 Å². The average Bonchev–Trinajstić information content (AvgIpc) is 1.87. The number of carbonyl (C=O) groups is 2. The van der Waals surface area contributed by atoms with Crippen molar-refractivity contribution in [1.29, 1.82) is 0 Å². The van der Waals surface area contributed by atoms with Crippen LogP contribution in [0, 0.1) is 0 Å². The van der Waals surface area contributed by atoms with Gasteiger partial charge in [0.2, 0.25) is 0 Å². The Morgan fingerprint density at radius 1 is 1.44 bits per heavy atom. The van der Waals surface area contributed by atoms with Gasteiger partial charge in [-0.1, -0.05) is 6.92 Å². The smallest absolute Gasteiger partial charge is 0.339 e. The highest BCUT2D eigenvalue weighted by atomic mass is 16.6. The number of esters is 2. The summed E-state index contributed by atoms with van der Waals surface area (Å²) in [6.07, 6.45) is 0.145. The first-order chi connectivity index (χ1) is 4.20. The highest BCUT2D eigenvalue weighted by molar-refractivity contribution is 5.85. The number of ether oxygens (including phenoxy) is 1. The van der Waals surface area contributed by atoms with E-state index in [0.717, 1.165) is 0 Å². The molecule has 9 heavy (non-hydrogen) atoms. The highest BCUT2D eigenvalue weighted by Gasteiger charge is 2.04. The van der Waals surface area contributed by atoms with Gasteiger partial charge in [-0.3, -0.25) is 4.79 Å². The Morgan fingerprint density at radius 2 is 2.00 bits per heavy atom. The van der Waals surface area contributed by atoms with Crippen LogP contribution >= 0.6 is 0 Å². The topological polar surface area (TPSA) is 63.6 Å². The molecule has 0 aromatic carbocycles. The van der Waals surface area contributed by atoms with E-state index in [0.29, 0.717) is 0 Å². The summed E-state index contributed by atoms with van der Waals surface area (Å²) in [4.78, 5) is 20.3. The lowest BCUT2D eigenvalue weighted by atomic mass is 10.5. The van der Waals surface area contributed by atoms with Crippen molar-refractivity contribution in [2.75, 3.05) is 6.61 Å². The van der Waals surface area contributed by atoms with E-state index in [2.05, 4.69) is 4.74 Å². The van der Waals surface area contributed by atoms with Gasteiger partial charge in [0.1, 0.15) is 6.61 Å². The summed E-state index contributed by atoms with van der Waals surface area (Å²) in [7, 11) is 0. The van der Waals surface area contributed by atoms with Crippen LogP contribution in [0.2, 0.25) is 0 Å². The van der Waals surface area contributed by atoms with Crippen LogP contribution in [0.5, 0.6) is 0 Å². The van der Waals surface area contributed by atoms with Crippen molar-refractivity contribution in [2.24, 2.45) is 0 Å². The number of carbonyl (C=O) groups excluding carboxylic acids is 2. The molecule has 0 heterocycles. The lowest BCUT2D eigenvalue weighted by Gasteiger charge is -1.94. The second kappa shape index (κ2) is 4.03. The predicted octanol–water partition coefficient (Wildman–Crippen LogP) is -0.542. The second-order valence-corrected chi connectivity index (χ2v) is 1.36. The molecule has 4 nitrogen and oxygen atoms in total. The van der Waals surface area contributed by atoms with Crippen LogP contribution in [0.25, 0.3) is 0 Å². The van der Waals surface area contributed by atoms with Gasteiger partial charge in [-0.2, -0.15) is 0 Å². The molecule has 0 rings (SSSR count). The summed E-state index contributed by atoms with van der Waals surface area (Å²) in [5.74, 6) is -1.52. The SMILES string of the molecule is CCC(=O)OC(=O)CO. The van der Waals surface area contributed by atoms with Gasteiger partial charge in [0.25, 0.3) is 0 Å². The molecule has 0 aromatic rings. The fraction of sp³-hybridized carbons (Fsp3) is 0.600. The molecule has 0 unspecified atom stereocenters. The third-order valence-electron chi connectivity index (χ3n) is 0.645. The summed E-state index contributed by atoms with van der Waals surface area (Å²) < 4.78 is 4.02. The minimum Gasteiger partial charge on any atom is -0.391 e. The van der Waals surface area contributed by atoms with Crippen molar-refractivity contribution in [1.82, 2.24) is 0 Å². The van der Waals surface area contributed by atoms with Crippen LogP contribution in [0.15, 0.2) is 0 Å². The third-order valence-corrected chi connectivity index (χ3v) is 0.645. The molecule has 0 aliphatic heterocycles. The molecule has 1 N–H and O–H groups in total. The Labute approximate surface area is 52.4 Å². The van der Waals surface area contributed by atoms with Crippen molar-refractivity contribution >= 4 is 11.9 Å².